The van der Waals surface area contributed by atoms with Gasteiger partial charge in [-0.1, -0.05) is 44.2 Å². The van der Waals surface area contributed by atoms with Crippen molar-refractivity contribution >= 4 is 16.0 Å². The lowest BCUT2D eigenvalue weighted by Gasteiger charge is -2.62. The molecule has 4 rings (SSSR count). The molecule has 0 unspecified atom stereocenters. The van der Waals surface area contributed by atoms with Crippen LogP contribution in [0.4, 0.5) is 0 Å². The Morgan fingerprint density at radius 1 is 1.21 bits per heavy atom. The van der Waals surface area contributed by atoms with Gasteiger partial charge in [-0.25, -0.2) is 13.1 Å². The van der Waals surface area contributed by atoms with Crippen molar-refractivity contribution in [2.24, 2.45) is 23.2 Å². The van der Waals surface area contributed by atoms with Gasteiger partial charge in [-0.3, -0.25) is 4.79 Å². The van der Waals surface area contributed by atoms with Gasteiger partial charge in [0.05, 0.1) is 4.90 Å². The van der Waals surface area contributed by atoms with Crippen LogP contribution in [0.25, 0.3) is 0 Å². The molecular formula is C22H31NO4S. The van der Waals surface area contributed by atoms with Crippen molar-refractivity contribution < 1.29 is 18.3 Å². The summed E-state index contributed by atoms with van der Waals surface area (Å²) >= 11 is 0. The summed E-state index contributed by atoms with van der Waals surface area (Å²) in [4.78, 5) is 10.9. The number of sulfonamides is 1. The second-order valence-electron chi connectivity index (χ2n) is 8.79. The van der Waals surface area contributed by atoms with E-state index in [9.17, 15) is 13.2 Å². The Hall–Kier alpha value is -1.66. The lowest BCUT2D eigenvalue weighted by Crippen LogP contribution is -2.61. The van der Waals surface area contributed by atoms with Crippen LogP contribution in [0.2, 0.25) is 0 Å². The molecule has 0 heterocycles. The molecular weight excluding hydrogens is 374 g/mol. The van der Waals surface area contributed by atoms with E-state index in [2.05, 4.69) is 24.6 Å². The van der Waals surface area contributed by atoms with E-state index < -0.39 is 16.0 Å². The van der Waals surface area contributed by atoms with Crippen molar-refractivity contribution in [1.29, 1.82) is 0 Å². The molecule has 6 heteroatoms. The fraction of sp³-hybridized carbons (Fsp3) is 0.591. The van der Waals surface area contributed by atoms with Crippen LogP contribution in [0.3, 0.4) is 0 Å². The normalized spacial score (nSPS) is 28.8. The van der Waals surface area contributed by atoms with Gasteiger partial charge in [0, 0.05) is 12.5 Å². The van der Waals surface area contributed by atoms with Gasteiger partial charge in [-0.15, -0.1) is 0 Å². The Morgan fingerprint density at radius 3 is 2.57 bits per heavy atom. The summed E-state index contributed by atoms with van der Waals surface area (Å²) in [5.74, 6) is 0.586. The average Bonchev–Trinajstić information content (AvgIpc) is 2.65. The Labute approximate surface area is 168 Å². The Bertz CT molecular complexity index is 816. The van der Waals surface area contributed by atoms with Crippen molar-refractivity contribution in [2.45, 2.75) is 63.3 Å². The minimum atomic E-state index is -3.52. The zero-order chi connectivity index (χ0) is 20.4. The highest BCUT2D eigenvalue weighted by molar-refractivity contribution is 7.89. The lowest BCUT2D eigenvalue weighted by molar-refractivity contribution is -0.137. The SMILES string of the molecule is CC1(C)[C@H]2C[C@@H](NS(=O)(=O)c3ccccc3)[C@H](C/C=C\CCCC(=O)O)[C@@H]1C2. The first kappa shape index (κ1) is 21.1. The second kappa shape index (κ2) is 8.37. The molecule has 3 aliphatic carbocycles. The second-order valence-corrected chi connectivity index (χ2v) is 10.5. The third kappa shape index (κ3) is 4.49. The van der Waals surface area contributed by atoms with E-state index in [1.807, 2.05) is 12.1 Å². The number of unbranched alkanes of at least 4 members (excludes halogenated alkanes) is 1. The molecule has 154 valence electrons. The number of carbonyl (C=O) groups is 1. The molecule has 0 spiro atoms. The van der Waals surface area contributed by atoms with Gasteiger partial charge in [0.25, 0.3) is 0 Å². The summed E-state index contributed by atoms with van der Waals surface area (Å²) in [6.45, 7) is 4.61. The highest BCUT2D eigenvalue weighted by atomic mass is 32.2. The number of nitrogens with one attached hydrogen (secondary N) is 1. The van der Waals surface area contributed by atoms with E-state index in [-0.39, 0.29) is 23.8 Å². The third-order valence-electron chi connectivity index (χ3n) is 6.81. The molecule has 0 amide bonds. The average molecular weight is 406 g/mol. The fourth-order valence-corrected chi connectivity index (χ4v) is 6.34. The van der Waals surface area contributed by atoms with E-state index in [1.54, 1.807) is 24.3 Å². The first-order chi connectivity index (χ1) is 13.2. The molecule has 3 aliphatic rings. The number of benzene rings is 1. The maximum atomic E-state index is 12.8. The summed E-state index contributed by atoms with van der Waals surface area (Å²) in [6.07, 6.45) is 8.61. The van der Waals surface area contributed by atoms with Gasteiger partial charge in [-0.05, 0) is 67.4 Å². The molecule has 28 heavy (non-hydrogen) atoms. The van der Waals surface area contributed by atoms with E-state index in [4.69, 9.17) is 5.11 Å². The van der Waals surface area contributed by atoms with Gasteiger partial charge >= 0.3 is 5.97 Å². The number of allylic oxidation sites excluding steroid dienone is 2. The number of aliphatic carboxylic acids is 1. The molecule has 1 aromatic rings. The standard InChI is InChI=1S/C22H31NO4S/c1-22(2)16-14-19(22)18(12-8-3-4-9-13-21(24)25)20(15-16)23-28(26,27)17-10-6-5-7-11-17/h3,5-8,10-11,16,18-20,23H,4,9,12-15H2,1-2H3,(H,24,25)/b8-3-/t16-,18-,19+,20-/m1/s1. The highest BCUT2D eigenvalue weighted by Gasteiger charge is 2.57. The molecule has 2 bridgehead atoms. The minimum absolute atomic E-state index is 0.0503. The van der Waals surface area contributed by atoms with Crippen LogP contribution in [0, 0.1) is 23.2 Å². The van der Waals surface area contributed by atoms with Gasteiger partial charge in [0.15, 0.2) is 0 Å². The number of carboxylic acid groups (broad SMARTS) is 1. The van der Waals surface area contributed by atoms with E-state index in [0.29, 0.717) is 23.2 Å². The van der Waals surface area contributed by atoms with Crippen molar-refractivity contribution in [3.63, 3.8) is 0 Å². The summed E-state index contributed by atoms with van der Waals surface area (Å²) in [5.41, 5.74) is 0.260. The molecule has 3 fully saturated rings. The quantitative estimate of drug-likeness (QED) is 0.476. The Morgan fingerprint density at radius 2 is 1.93 bits per heavy atom. The molecule has 4 atom stereocenters. The molecule has 0 radical (unpaired) electrons. The van der Waals surface area contributed by atoms with Gasteiger partial charge < -0.3 is 5.11 Å². The zero-order valence-corrected chi connectivity index (χ0v) is 17.5. The maximum Gasteiger partial charge on any atom is 0.303 e. The summed E-state index contributed by atoms with van der Waals surface area (Å²) in [6, 6.07) is 8.52. The zero-order valence-electron chi connectivity index (χ0n) is 16.7. The van der Waals surface area contributed by atoms with Crippen LogP contribution < -0.4 is 4.72 Å². The van der Waals surface area contributed by atoms with Crippen molar-refractivity contribution in [1.82, 2.24) is 4.72 Å². The van der Waals surface area contributed by atoms with Crippen LogP contribution >= 0.6 is 0 Å². The molecule has 3 saturated carbocycles. The van der Waals surface area contributed by atoms with E-state index in [0.717, 1.165) is 19.3 Å². The lowest BCUT2D eigenvalue weighted by atomic mass is 9.44. The fourth-order valence-electron chi connectivity index (χ4n) is 5.02. The van der Waals surface area contributed by atoms with Crippen molar-refractivity contribution in [3.8, 4) is 0 Å². The van der Waals surface area contributed by atoms with Crippen LogP contribution in [0.5, 0.6) is 0 Å². The molecule has 0 aliphatic heterocycles. The summed E-state index contributed by atoms with van der Waals surface area (Å²) in [7, 11) is -3.52. The van der Waals surface area contributed by atoms with Gasteiger partial charge in [-0.2, -0.15) is 0 Å². The van der Waals surface area contributed by atoms with E-state index >= 15 is 0 Å². The number of rotatable bonds is 9. The van der Waals surface area contributed by atoms with Crippen LogP contribution in [0.1, 0.15) is 52.4 Å². The predicted octanol–water partition coefficient (Wildman–Crippen LogP) is 4.22. The summed E-state index contributed by atoms with van der Waals surface area (Å²) in [5, 5.41) is 8.72. The number of hydrogen-bond donors (Lipinski definition) is 2. The number of hydrogen-bond acceptors (Lipinski definition) is 3. The Balaban J connectivity index is 1.67. The molecule has 0 aromatic heterocycles. The largest absolute Gasteiger partial charge is 0.481 e. The minimum Gasteiger partial charge on any atom is -0.481 e. The smallest absolute Gasteiger partial charge is 0.303 e. The Kier molecular flexibility index (Phi) is 6.30. The van der Waals surface area contributed by atoms with E-state index in [1.165, 1.54) is 6.42 Å². The number of fused-ring (bicyclic) bond motifs is 2. The van der Waals surface area contributed by atoms with Crippen LogP contribution in [0.15, 0.2) is 47.4 Å². The van der Waals surface area contributed by atoms with Gasteiger partial charge in [0.2, 0.25) is 10.0 Å². The number of carboxylic acids is 1. The molecule has 0 saturated heterocycles. The van der Waals surface area contributed by atoms with Crippen LogP contribution in [-0.2, 0) is 14.8 Å². The van der Waals surface area contributed by atoms with Crippen molar-refractivity contribution in [2.75, 3.05) is 0 Å². The molecule has 2 N–H and O–H groups in total. The topological polar surface area (TPSA) is 83.5 Å². The predicted molar refractivity (Wildman–Crippen MR) is 109 cm³/mol. The first-order valence-corrected chi connectivity index (χ1v) is 11.6. The first-order valence-electron chi connectivity index (χ1n) is 10.2. The monoisotopic (exact) mass is 405 g/mol. The van der Waals surface area contributed by atoms with Crippen LogP contribution in [-0.4, -0.2) is 25.5 Å². The third-order valence-corrected chi connectivity index (χ3v) is 8.32. The highest BCUT2D eigenvalue weighted by Crippen LogP contribution is 2.62. The van der Waals surface area contributed by atoms with Gasteiger partial charge in [0.1, 0.15) is 0 Å². The maximum absolute atomic E-state index is 12.8. The van der Waals surface area contributed by atoms with Crippen molar-refractivity contribution in [3.05, 3.63) is 42.5 Å². The molecule has 1 aromatic carbocycles. The molecule has 5 nitrogen and oxygen atoms in total. The summed E-state index contributed by atoms with van der Waals surface area (Å²) < 4.78 is 28.6.